The van der Waals surface area contributed by atoms with Crippen LogP contribution in [-0.4, -0.2) is 53.6 Å². The summed E-state index contributed by atoms with van der Waals surface area (Å²) in [4.78, 5) is -0.253. The summed E-state index contributed by atoms with van der Waals surface area (Å²) >= 11 is 5.92. The van der Waals surface area contributed by atoms with Gasteiger partial charge in [0.1, 0.15) is 4.90 Å². The van der Waals surface area contributed by atoms with Crippen LogP contribution in [0, 0.1) is 0 Å². The molecule has 0 aromatic heterocycles. The van der Waals surface area contributed by atoms with E-state index in [0.29, 0.717) is 13.1 Å². The quantitative estimate of drug-likeness (QED) is 0.855. The Morgan fingerprint density at radius 1 is 1.25 bits per heavy atom. The first-order valence-corrected chi connectivity index (χ1v) is 9.53. The third-order valence-electron chi connectivity index (χ3n) is 3.26. The monoisotopic (exact) mass is 338 g/mol. The molecule has 1 aliphatic rings. The van der Waals surface area contributed by atoms with E-state index in [-0.39, 0.29) is 20.9 Å². The van der Waals surface area contributed by atoms with E-state index in [4.69, 9.17) is 11.6 Å². The van der Waals surface area contributed by atoms with Crippen LogP contribution in [0.3, 0.4) is 0 Å². The van der Waals surface area contributed by atoms with Crippen molar-refractivity contribution in [2.24, 2.45) is 0 Å². The first-order valence-electron chi connectivity index (χ1n) is 5.82. The normalized spacial score (nSPS) is 17.2. The van der Waals surface area contributed by atoms with Gasteiger partial charge in [0.2, 0.25) is 10.0 Å². The summed E-state index contributed by atoms with van der Waals surface area (Å²) in [5, 5.41) is 2.99. The molecule has 0 spiro atoms. The fourth-order valence-electron chi connectivity index (χ4n) is 1.79. The summed E-state index contributed by atoms with van der Waals surface area (Å²) in [5.41, 5.74) is 0. The maximum absolute atomic E-state index is 12.5. The Labute approximate surface area is 123 Å². The highest BCUT2D eigenvalue weighted by Crippen LogP contribution is 2.28. The lowest BCUT2D eigenvalue weighted by Crippen LogP contribution is -2.57. The molecule has 1 aliphatic heterocycles. The average molecular weight is 339 g/mol. The summed E-state index contributed by atoms with van der Waals surface area (Å²) in [6.45, 7) is 1.14. The Hall–Kier alpha value is -0.670. The van der Waals surface area contributed by atoms with Crippen LogP contribution in [0.2, 0.25) is 5.02 Å². The molecule has 0 aliphatic carbocycles. The van der Waals surface area contributed by atoms with E-state index in [0.717, 1.165) is 12.3 Å². The maximum atomic E-state index is 12.5. The zero-order valence-electron chi connectivity index (χ0n) is 11.0. The minimum Gasteiger partial charge on any atom is -0.313 e. The molecule has 20 heavy (non-hydrogen) atoms. The van der Waals surface area contributed by atoms with Crippen molar-refractivity contribution < 1.29 is 16.8 Å². The average Bonchev–Trinajstić information content (AvgIpc) is 2.25. The van der Waals surface area contributed by atoms with Crippen molar-refractivity contribution in [3.8, 4) is 0 Å². The van der Waals surface area contributed by atoms with Crippen LogP contribution < -0.4 is 5.32 Å². The van der Waals surface area contributed by atoms with Gasteiger partial charge in [-0.05, 0) is 18.2 Å². The third-order valence-corrected chi connectivity index (χ3v) is 6.76. The smallest absolute Gasteiger partial charge is 0.244 e. The van der Waals surface area contributed by atoms with Crippen molar-refractivity contribution in [2.45, 2.75) is 15.8 Å². The van der Waals surface area contributed by atoms with E-state index in [1.807, 2.05) is 0 Å². The van der Waals surface area contributed by atoms with Gasteiger partial charge in [-0.15, -0.1) is 0 Å². The number of nitrogens with zero attached hydrogens (tertiary/aromatic N) is 1. The fourth-order valence-corrected chi connectivity index (χ4v) is 4.37. The van der Waals surface area contributed by atoms with Crippen LogP contribution in [0.4, 0.5) is 0 Å². The molecule has 6 nitrogen and oxygen atoms in total. The highest BCUT2D eigenvalue weighted by atomic mass is 35.5. The van der Waals surface area contributed by atoms with Crippen molar-refractivity contribution in [3.63, 3.8) is 0 Å². The predicted octanol–water partition coefficient (Wildman–Crippen LogP) is 0.336. The second-order valence-electron chi connectivity index (χ2n) is 4.70. The van der Waals surface area contributed by atoms with Crippen LogP contribution in [-0.2, 0) is 19.9 Å². The molecule has 1 saturated heterocycles. The summed E-state index contributed by atoms with van der Waals surface area (Å²) in [6, 6.07) is 3.55. The van der Waals surface area contributed by atoms with Crippen molar-refractivity contribution >= 4 is 31.5 Å². The molecule has 112 valence electrons. The third kappa shape index (κ3) is 2.84. The van der Waals surface area contributed by atoms with Gasteiger partial charge in [-0.2, -0.15) is 4.31 Å². The van der Waals surface area contributed by atoms with Crippen LogP contribution in [0.1, 0.15) is 0 Å². The molecule has 1 N–H and O–H groups in total. The largest absolute Gasteiger partial charge is 0.313 e. The van der Waals surface area contributed by atoms with Crippen molar-refractivity contribution in [2.75, 3.05) is 26.4 Å². The summed E-state index contributed by atoms with van der Waals surface area (Å²) in [7, 11) is -5.85. The second kappa shape index (κ2) is 5.27. The zero-order chi connectivity index (χ0) is 15.1. The van der Waals surface area contributed by atoms with Gasteiger partial charge in [-0.25, -0.2) is 16.8 Å². The number of sulfonamides is 1. The van der Waals surface area contributed by atoms with Crippen LogP contribution in [0.25, 0.3) is 0 Å². The number of benzene rings is 1. The van der Waals surface area contributed by atoms with Crippen molar-refractivity contribution in [1.29, 1.82) is 0 Å². The van der Waals surface area contributed by atoms with Gasteiger partial charge in [-0.1, -0.05) is 11.6 Å². The number of hydrogen-bond donors (Lipinski definition) is 1. The van der Waals surface area contributed by atoms with Crippen LogP contribution in [0.5, 0.6) is 0 Å². The number of likely N-dealkylation sites (N-methyl/N-ethyl adjacent to an activating group) is 1. The molecule has 2 rings (SSSR count). The summed E-state index contributed by atoms with van der Waals surface area (Å²) < 4.78 is 49.3. The molecule has 1 heterocycles. The highest BCUT2D eigenvalue weighted by Gasteiger charge is 2.33. The van der Waals surface area contributed by atoms with Gasteiger partial charge in [0.25, 0.3) is 0 Å². The number of rotatable bonds is 4. The predicted molar refractivity (Wildman–Crippen MR) is 76.2 cm³/mol. The molecule has 1 aromatic carbocycles. The Morgan fingerprint density at radius 2 is 1.85 bits per heavy atom. The van der Waals surface area contributed by atoms with Crippen molar-refractivity contribution in [1.82, 2.24) is 9.62 Å². The molecule has 9 heteroatoms. The van der Waals surface area contributed by atoms with Gasteiger partial charge in [0.05, 0.1) is 9.92 Å². The van der Waals surface area contributed by atoms with Gasteiger partial charge in [-0.3, -0.25) is 0 Å². The molecule has 1 fully saturated rings. The SMILES string of the molecule is CN(C1CNC1)S(=O)(=O)c1cc(S(C)(=O)=O)ccc1Cl. The number of sulfone groups is 1. The Balaban J connectivity index is 2.50. The lowest BCUT2D eigenvalue weighted by atomic mass is 10.2. The molecule has 0 radical (unpaired) electrons. The maximum Gasteiger partial charge on any atom is 0.244 e. The first kappa shape index (κ1) is 15.7. The van der Waals surface area contributed by atoms with Crippen molar-refractivity contribution in [3.05, 3.63) is 23.2 Å². The number of halogens is 1. The molecule has 0 unspecified atom stereocenters. The molecule has 0 atom stereocenters. The van der Waals surface area contributed by atoms with E-state index in [1.165, 1.54) is 23.5 Å². The van der Waals surface area contributed by atoms with E-state index < -0.39 is 19.9 Å². The Bertz CT molecular complexity index is 727. The fraction of sp³-hybridized carbons (Fsp3) is 0.455. The molecule has 0 saturated carbocycles. The van der Waals surface area contributed by atoms with Gasteiger partial charge < -0.3 is 5.32 Å². The van der Waals surface area contributed by atoms with E-state index in [1.54, 1.807) is 0 Å². The molecule has 1 aromatic rings. The Morgan fingerprint density at radius 3 is 2.30 bits per heavy atom. The standard InChI is InChI=1S/C11H15ClN2O4S2/c1-14(8-6-13-7-8)20(17,18)11-5-9(19(2,15)16)3-4-10(11)12/h3-5,8,13H,6-7H2,1-2H3. The lowest BCUT2D eigenvalue weighted by molar-refractivity contribution is 0.274. The summed E-state index contributed by atoms with van der Waals surface area (Å²) in [5.74, 6) is 0. The molecular formula is C11H15ClN2O4S2. The van der Waals surface area contributed by atoms with E-state index in [2.05, 4.69) is 5.32 Å². The minimum absolute atomic E-state index is 0.0107. The topological polar surface area (TPSA) is 83.6 Å². The van der Waals surface area contributed by atoms with E-state index >= 15 is 0 Å². The minimum atomic E-state index is -3.82. The first-order chi connectivity index (χ1) is 9.14. The second-order valence-corrected chi connectivity index (χ2v) is 9.09. The van der Waals surface area contributed by atoms with Gasteiger partial charge in [0.15, 0.2) is 9.84 Å². The van der Waals surface area contributed by atoms with Crippen LogP contribution >= 0.6 is 11.6 Å². The molecular weight excluding hydrogens is 324 g/mol. The highest BCUT2D eigenvalue weighted by molar-refractivity contribution is 7.91. The number of nitrogens with one attached hydrogen (secondary N) is 1. The summed E-state index contributed by atoms with van der Waals surface area (Å²) in [6.07, 6.45) is 1.02. The Kier molecular flexibility index (Phi) is 4.14. The lowest BCUT2D eigenvalue weighted by Gasteiger charge is -2.34. The van der Waals surface area contributed by atoms with E-state index in [9.17, 15) is 16.8 Å². The zero-order valence-corrected chi connectivity index (χ0v) is 13.4. The van der Waals surface area contributed by atoms with Crippen LogP contribution in [0.15, 0.2) is 28.0 Å². The molecule has 0 amide bonds. The van der Waals surface area contributed by atoms with Gasteiger partial charge >= 0.3 is 0 Å². The molecule has 0 bridgehead atoms. The number of hydrogen-bond acceptors (Lipinski definition) is 5. The van der Waals surface area contributed by atoms with Gasteiger partial charge in [0, 0.05) is 32.4 Å².